The quantitative estimate of drug-likeness (QED) is 0.427. The van der Waals surface area contributed by atoms with Gasteiger partial charge in [0.2, 0.25) is 5.69 Å². The van der Waals surface area contributed by atoms with Crippen molar-refractivity contribution in [2.75, 3.05) is 0 Å². The van der Waals surface area contributed by atoms with Crippen LogP contribution in [-0.4, -0.2) is 0 Å². The second kappa shape index (κ2) is 7.03. The molecule has 1 aliphatic heterocycles. The molecule has 0 N–H and O–H groups in total. The van der Waals surface area contributed by atoms with Gasteiger partial charge in [-0.05, 0) is 54.8 Å². The van der Waals surface area contributed by atoms with E-state index in [0.29, 0.717) is 0 Å². The minimum Gasteiger partial charge on any atom is -0.192 e. The SMILES string of the molecule is CCCCc1ccc2c3[n+](ccc2c1)C(C)(CC)C(C)(CC)c1ccccc1-3. The number of fused-ring (bicyclic) bond motifs is 5. The second-order valence-corrected chi connectivity index (χ2v) is 8.92. The largest absolute Gasteiger partial charge is 0.221 e. The van der Waals surface area contributed by atoms with E-state index in [2.05, 4.69) is 93.9 Å². The Morgan fingerprint density at radius 1 is 0.893 bits per heavy atom. The molecule has 28 heavy (non-hydrogen) atoms. The zero-order chi connectivity index (χ0) is 19.9. The second-order valence-electron chi connectivity index (χ2n) is 8.92. The van der Waals surface area contributed by atoms with Crippen molar-refractivity contribution in [2.24, 2.45) is 0 Å². The molecule has 1 aliphatic rings. The van der Waals surface area contributed by atoms with Gasteiger partial charge in [-0.2, -0.15) is 4.57 Å². The van der Waals surface area contributed by atoms with Gasteiger partial charge in [-0.15, -0.1) is 0 Å². The highest BCUT2D eigenvalue weighted by Crippen LogP contribution is 2.50. The Hall–Kier alpha value is -2.15. The van der Waals surface area contributed by atoms with Gasteiger partial charge in [0.1, 0.15) is 0 Å². The highest BCUT2D eigenvalue weighted by Gasteiger charge is 2.56. The number of hydrogen-bond donors (Lipinski definition) is 0. The van der Waals surface area contributed by atoms with E-state index in [1.54, 1.807) is 0 Å². The average molecular weight is 373 g/mol. The molecule has 1 heteroatoms. The van der Waals surface area contributed by atoms with Crippen molar-refractivity contribution in [3.63, 3.8) is 0 Å². The molecule has 1 nitrogen and oxygen atoms in total. The lowest BCUT2D eigenvalue weighted by Gasteiger charge is -2.46. The Labute approximate surface area is 170 Å². The van der Waals surface area contributed by atoms with Gasteiger partial charge in [-0.3, -0.25) is 0 Å². The normalized spacial score (nSPS) is 23.5. The molecule has 0 saturated heterocycles. The summed E-state index contributed by atoms with van der Waals surface area (Å²) in [4.78, 5) is 0. The van der Waals surface area contributed by atoms with Crippen molar-refractivity contribution in [1.29, 1.82) is 0 Å². The van der Waals surface area contributed by atoms with Gasteiger partial charge in [0.25, 0.3) is 0 Å². The molecule has 2 heterocycles. The first-order valence-electron chi connectivity index (χ1n) is 11.1. The Kier molecular flexibility index (Phi) is 4.81. The molecular weight excluding hydrogens is 338 g/mol. The number of rotatable bonds is 5. The summed E-state index contributed by atoms with van der Waals surface area (Å²) < 4.78 is 2.59. The van der Waals surface area contributed by atoms with Gasteiger partial charge in [-0.25, -0.2) is 0 Å². The summed E-state index contributed by atoms with van der Waals surface area (Å²) in [7, 11) is 0. The van der Waals surface area contributed by atoms with Gasteiger partial charge in [0, 0.05) is 19.4 Å². The van der Waals surface area contributed by atoms with E-state index in [1.165, 1.54) is 52.4 Å². The molecule has 1 aromatic heterocycles. The summed E-state index contributed by atoms with van der Waals surface area (Å²) in [5.41, 5.74) is 5.94. The summed E-state index contributed by atoms with van der Waals surface area (Å²) >= 11 is 0. The third-order valence-corrected chi connectivity index (χ3v) is 7.73. The average Bonchev–Trinajstić information content (AvgIpc) is 2.75. The third kappa shape index (κ3) is 2.55. The van der Waals surface area contributed by atoms with Crippen molar-refractivity contribution in [3.05, 3.63) is 65.9 Å². The molecule has 3 aromatic rings. The lowest BCUT2D eigenvalue weighted by atomic mass is 9.60. The maximum atomic E-state index is 2.59. The maximum absolute atomic E-state index is 2.59. The van der Waals surface area contributed by atoms with Crippen LogP contribution in [0.25, 0.3) is 22.0 Å². The molecule has 0 spiro atoms. The lowest BCUT2D eigenvalue weighted by molar-refractivity contribution is -0.764. The molecule has 0 saturated carbocycles. The molecule has 0 fully saturated rings. The zero-order valence-corrected chi connectivity index (χ0v) is 18.2. The number of aromatic nitrogens is 1. The van der Waals surface area contributed by atoms with Crippen molar-refractivity contribution in [1.82, 2.24) is 0 Å². The molecule has 2 unspecified atom stereocenters. The fraction of sp³-hybridized carbons (Fsp3) is 0.444. The van der Waals surface area contributed by atoms with Crippen LogP contribution in [0.1, 0.15) is 71.4 Å². The van der Waals surface area contributed by atoms with E-state index >= 15 is 0 Å². The predicted molar refractivity (Wildman–Crippen MR) is 120 cm³/mol. The van der Waals surface area contributed by atoms with E-state index in [9.17, 15) is 0 Å². The minimum absolute atomic E-state index is 0.0561. The molecule has 2 atom stereocenters. The van der Waals surface area contributed by atoms with Gasteiger partial charge >= 0.3 is 0 Å². The van der Waals surface area contributed by atoms with Crippen LogP contribution in [0.3, 0.4) is 0 Å². The van der Waals surface area contributed by atoms with Gasteiger partial charge < -0.3 is 0 Å². The third-order valence-electron chi connectivity index (χ3n) is 7.73. The van der Waals surface area contributed by atoms with Gasteiger partial charge in [-0.1, -0.05) is 57.5 Å². The number of unbranched alkanes of at least 4 members (excludes halogenated alkanes) is 1. The van der Waals surface area contributed by atoms with E-state index in [0.717, 1.165) is 12.8 Å². The first-order chi connectivity index (χ1) is 13.5. The monoisotopic (exact) mass is 372 g/mol. The Morgan fingerprint density at radius 2 is 1.68 bits per heavy atom. The topological polar surface area (TPSA) is 3.88 Å². The molecule has 2 aromatic carbocycles. The minimum atomic E-state index is 0.0561. The molecule has 4 rings (SSSR count). The Balaban J connectivity index is 2.03. The van der Waals surface area contributed by atoms with Crippen molar-refractivity contribution in [2.45, 2.75) is 77.7 Å². The molecular formula is C27H34N+. The van der Waals surface area contributed by atoms with Crippen molar-refractivity contribution in [3.8, 4) is 11.3 Å². The smallest absolute Gasteiger partial charge is 0.192 e. The molecule has 146 valence electrons. The van der Waals surface area contributed by atoms with Gasteiger partial charge in [0.05, 0.1) is 16.4 Å². The van der Waals surface area contributed by atoms with Gasteiger partial charge in [0.15, 0.2) is 11.7 Å². The van der Waals surface area contributed by atoms with Crippen LogP contribution in [-0.2, 0) is 17.4 Å². The number of pyridine rings is 1. The first-order valence-corrected chi connectivity index (χ1v) is 11.1. The number of hydrogen-bond acceptors (Lipinski definition) is 0. The summed E-state index contributed by atoms with van der Waals surface area (Å²) in [5, 5.41) is 2.75. The van der Waals surface area contributed by atoms with E-state index in [-0.39, 0.29) is 11.0 Å². The molecule has 0 aliphatic carbocycles. The van der Waals surface area contributed by atoms with Crippen LogP contribution in [0, 0.1) is 0 Å². The fourth-order valence-corrected chi connectivity index (χ4v) is 5.41. The van der Waals surface area contributed by atoms with Crippen LogP contribution in [0.4, 0.5) is 0 Å². The first kappa shape index (κ1) is 19.2. The zero-order valence-electron chi connectivity index (χ0n) is 18.2. The standard InChI is InChI=1S/C27H34N/c1-6-9-12-20-15-16-22-21(19-20)17-18-28-25(22)23-13-10-11-14-24(23)26(4,7-2)27(28,5)8-3/h10-11,13-19H,6-9,12H2,1-5H3/q+1. The van der Waals surface area contributed by atoms with Crippen LogP contribution in [0.5, 0.6) is 0 Å². The van der Waals surface area contributed by atoms with Crippen molar-refractivity contribution < 1.29 is 4.57 Å². The Bertz CT molecular complexity index is 1020. The summed E-state index contributed by atoms with van der Waals surface area (Å²) in [5.74, 6) is 0. The summed E-state index contributed by atoms with van der Waals surface area (Å²) in [6, 6.07) is 18.6. The van der Waals surface area contributed by atoms with Crippen LogP contribution in [0.2, 0.25) is 0 Å². The van der Waals surface area contributed by atoms with Crippen LogP contribution in [0.15, 0.2) is 54.7 Å². The summed E-state index contributed by atoms with van der Waals surface area (Å²) in [6.45, 7) is 11.9. The molecule has 0 radical (unpaired) electrons. The summed E-state index contributed by atoms with van der Waals surface area (Å²) in [6.07, 6.45) is 8.29. The highest BCUT2D eigenvalue weighted by molar-refractivity contribution is 5.94. The predicted octanol–water partition coefficient (Wildman–Crippen LogP) is 6.94. The van der Waals surface area contributed by atoms with Crippen LogP contribution >= 0.6 is 0 Å². The lowest BCUT2D eigenvalue weighted by Crippen LogP contribution is -2.67. The van der Waals surface area contributed by atoms with E-state index < -0.39 is 0 Å². The van der Waals surface area contributed by atoms with E-state index in [4.69, 9.17) is 0 Å². The van der Waals surface area contributed by atoms with Crippen LogP contribution < -0.4 is 4.57 Å². The van der Waals surface area contributed by atoms with Crippen molar-refractivity contribution >= 4 is 10.8 Å². The maximum Gasteiger partial charge on any atom is 0.221 e. The Morgan fingerprint density at radius 3 is 2.39 bits per heavy atom. The number of aryl methyl sites for hydroxylation is 1. The van der Waals surface area contributed by atoms with E-state index in [1.807, 2.05) is 0 Å². The highest BCUT2D eigenvalue weighted by atomic mass is 15.1. The number of benzene rings is 2. The molecule has 0 amide bonds. The fourth-order valence-electron chi connectivity index (χ4n) is 5.41. The number of nitrogens with zero attached hydrogens (tertiary/aromatic N) is 1. The molecule has 0 bridgehead atoms.